The second kappa shape index (κ2) is 4.69. The van der Waals surface area contributed by atoms with Gasteiger partial charge in [0.25, 0.3) is 0 Å². The molecule has 1 saturated carbocycles. The molecule has 2 N–H and O–H groups in total. The number of hydrogen-bond donors (Lipinski definition) is 2. The fourth-order valence-electron chi connectivity index (χ4n) is 1.41. The molecule has 0 heterocycles. The molecule has 18 heavy (non-hydrogen) atoms. The van der Waals surface area contributed by atoms with Crippen molar-refractivity contribution < 1.29 is 36.6 Å². The molecular formula is C9H10F5NO3. The Kier molecular flexibility index (Phi) is 3.82. The quantitative estimate of drug-likeness (QED) is 0.748. The van der Waals surface area contributed by atoms with Gasteiger partial charge in [-0.3, -0.25) is 9.59 Å². The minimum absolute atomic E-state index is 0.353. The van der Waals surface area contributed by atoms with Crippen LogP contribution in [0.4, 0.5) is 22.0 Å². The summed E-state index contributed by atoms with van der Waals surface area (Å²) in [5, 5.41) is 9.94. The van der Waals surface area contributed by atoms with E-state index in [1.54, 1.807) is 0 Å². The van der Waals surface area contributed by atoms with Crippen LogP contribution in [0.1, 0.15) is 19.3 Å². The van der Waals surface area contributed by atoms with Crippen molar-refractivity contribution in [3.05, 3.63) is 0 Å². The number of halogens is 5. The first-order valence-corrected chi connectivity index (χ1v) is 5.03. The van der Waals surface area contributed by atoms with Crippen LogP contribution in [0.3, 0.4) is 0 Å². The molecule has 0 spiro atoms. The number of alkyl halides is 5. The summed E-state index contributed by atoms with van der Waals surface area (Å²) in [6, 6.07) is -1.19. The minimum atomic E-state index is -5.99. The number of carboxylic acid groups (broad SMARTS) is 1. The second-order valence-electron chi connectivity index (χ2n) is 4.09. The molecule has 0 saturated heterocycles. The topological polar surface area (TPSA) is 66.4 Å². The fraction of sp³-hybridized carbons (Fsp3) is 0.778. The Balaban J connectivity index is 2.69. The minimum Gasteiger partial charge on any atom is -0.481 e. The lowest BCUT2D eigenvalue weighted by Crippen LogP contribution is -2.53. The highest BCUT2D eigenvalue weighted by Gasteiger charge is 2.63. The number of carbonyl (C=O) groups excluding carboxylic acids is 1. The number of rotatable bonds is 5. The molecular weight excluding hydrogens is 265 g/mol. The Hall–Kier alpha value is -1.41. The largest absolute Gasteiger partial charge is 0.481 e. The van der Waals surface area contributed by atoms with E-state index in [0.29, 0.717) is 12.8 Å². The Morgan fingerprint density at radius 3 is 2.06 bits per heavy atom. The summed E-state index contributed by atoms with van der Waals surface area (Å²) in [5.74, 6) is -9.75. The van der Waals surface area contributed by atoms with E-state index in [9.17, 15) is 31.5 Å². The molecule has 0 aromatic heterocycles. The molecule has 4 nitrogen and oxygen atoms in total. The van der Waals surface area contributed by atoms with Gasteiger partial charge in [-0.1, -0.05) is 0 Å². The van der Waals surface area contributed by atoms with E-state index in [1.807, 2.05) is 0 Å². The predicted octanol–water partition coefficient (Wildman–Crippen LogP) is 1.55. The highest BCUT2D eigenvalue weighted by Crippen LogP contribution is 2.38. The SMILES string of the molecule is O=C(O)CC(NC(=O)C(F)(F)C(F)(F)F)C1CC1. The van der Waals surface area contributed by atoms with Crippen LogP contribution in [-0.2, 0) is 9.59 Å². The summed E-state index contributed by atoms with van der Waals surface area (Å²) in [4.78, 5) is 21.3. The monoisotopic (exact) mass is 275 g/mol. The van der Waals surface area contributed by atoms with E-state index in [1.165, 1.54) is 5.32 Å². The zero-order valence-electron chi connectivity index (χ0n) is 8.93. The van der Waals surface area contributed by atoms with Crippen LogP contribution in [0.5, 0.6) is 0 Å². The summed E-state index contributed by atoms with van der Waals surface area (Å²) in [6.45, 7) is 0. The van der Waals surface area contributed by atoms with Crippen molar-refractivity contribution in [2.45, 2.75) is 37.4 Å². The first-order chi connectivity index (χ1) is 8.05. The molecule has 1 fully saturated rings. The van der Waals surface area contributed by atoms with Crippen LogP contribution >= 0.6 is 0 Å². The number of nitrogens with one attached hydrogen (secondary N) is 1. The van der Waals surface area contributed by atoms with Gasteiger partial charge in [0, 0.05) is 6.04 Å². The Morgan fingerprint density at radius 1 is 1.22 bits per heavy atom. The van der Waals surface area contributed by atoms with Crippen LogP contribution in [0.25, 0.3) is 0 Å². The lowest BCUT2D eigenvalue weighted by Gasteiger charge is -2.22. The Morgan fingerprint density at radius 2 is 1.72 bits per heavy atom. The van der Waals surface area contributed by atoms with Gasteiger partial charge in [0.05, 0.1) is 6.42 Å². The third-order valence-corrected chi connectivity index (χ3v) is 2.54. The van der Waals surface area contributed by atoms with Crippen molar-refractivity contribution in [3.8, 4) is 0 Å². The molecule has 1 unspecified atom stereocenters. The molecule has 1 aliphatic carbocycles. The highest BCUT2D eigenvalue weighted by molar-refractivity contribution is 5.85. The number of carbonyl (C=O) groups is 2. The number of carboxylic acids is 1. The Labute approximate surface area is 98.1 Å². The van der Waals surface area contributed by atoms with Gasteiger partial charge in [0.15, 0.2) is 0 Å². The van der Waals surface area contributed by atoms with E-state index in [2.05, 4.69) is 0 Å². The predicted molar refractivity (Wildman–Crippen MR) is 47.9 cm³/mol. The van der Waals surface area contributed by atoms with E-state index in [-0.39, 0.29) is 5.92 Å². The van der Waals surface area contributed by atoms with Gasteiger partial charge in [0.1, 0.15) is 0 Å². The van der Waals surface area contributed by atoms with Crippen molar-refractivity contribution in [2.75, 3.05) is 0 Å². The molecule has 0 aromatic carbocycles. The standard InChI is InChI=1S/C9H10F5NO3/c10-8(11,9(12,13)14)7(18)15-5(3-6(16)17)4-1-2-4/h4-5H,1-3H2,(H,15,18)(H,16,17). The Bertz CT molecular complexity index is 351. The lowest BCUT2D eigenvalue weighted by atomic mass is 10.1. The highest BCUT2D eigenvalue weighted by atomic mass is 19.4. The molecule has 1 rings (SSSR count). The molecule has 1 aliphatic rings. The van der Waals surface area contributed by atoms with Gasteiger partial charge in [0.2, 0.25) is 0 Å². The zero-order valence-corrected chi connectivity index (χ0v) is 8.93. The number of amides is 1. The van der Waals surface area contributed by atoms with Crippen LogP contribution in [0, 0.1) is 5.92 Å². The third kappa shape index (κ3) is 3.30. The van der Waals surface area contributed by atoms with Crippen molar-refractivity contribution in [1.82, 2.24) is 5.32 Å². The van der Waals surface area contributed by atoms with E-state index < -0.39 is 36.4 Å². The zero-order chi connectivity index (χ0) is 14.1. The molecule has 0 aliphatic heterocycles. The van der Waals surface area contributed by atoms with E-state index >= 15 is 0 Å². The van der Waals surface area contributed by atoms with Crippen LogP contribution in [-0.4, -0.2) is 35.1 Å². The van der Waals surface area contributed by atoms with Crippen LogP contribution < -0.4 is 5.32 Å². The maximum absolute atomic E-state index is 12.6. The summed E-state index contributed by atoms with van der Waals surface area (Å²) in [6.07, 6.45) is -5.68. The first kappa shape index (κ1) is 14.7. The molecule has 0 aromatic rings. The molecule has 9 heteroatoms. The maximum Gasteiger partial charge on any atom is 0.463 e. The average molecular weight is 275 g/mol. The third-order valence-electron chi connectivity index (χ3n) is 2.54. The summed E-state index contributed by atoms with van der Waals surface area (Å²) in [7, 11) is 0. The van der Waals surface area contributed by atoms with Crippen molar-refractivity contribution in [1.29, 1.82) is 0 Å². The average Bonchev–Trinajstić information content (AvgIpc) is 2.96. The van der Waals surface area contributed by atoms with Crippen molar-refractivity contribution in [2.24, 2.45) is 5.92 Å². The van der Waals surface area contributed by atoms with E-state index in [0.717, 1.165) is 0 Å². The number of hydrogen-bond acceptors (Lipinski definition) is 2. The smallest absolute Gasteiger partial charge is 0.463 e. The van der Waals surface area contributed by atoms with Gasteiger partial charge < -0.3 is 10.4 Å². The van der Waals surface area contributed by atoms with Crippen LogP contribution in [0.2, 0.25) is 0 Å². The van der Waals surface area contributed by atoms with Gasteiger partial charge in [-0.05, 0) is 18.8 Å². The maximum atomic E-state index is 12.6. The van der Waals surface area contributed by atoms with Crippen molar-refractivity contribution in [3.63, 3.8) is 0 Å². The number of aliphatic carboxylic acids is 1. The molecule has 1 atom stereocenters. The molecule has 0 bridgehead atoms. The lowest BCUT2D eigenvalue weighted by molar-refractivity contribution is -0.270. The van der Waals surface area contributed by atoms with Crippen LogP contribution in [0.15, 0.2) is 0 Å². The fourth-order valence-corrected chi connectivity index (χ4v) is 1.41. The summed E-state index contributed by atoms with van der Waals surface area (Å²) in [5.41, 5.74) is 0. The molecule has 104 valence electrons. The van der Waals surface area contributed by atoms with Crippen molar-refractivity contribution >= 4 is 11.9 Å². The summed E-state index contributed by atoms with van der Waals surface area (Å²) < 4.78 is 60.9. The van der Waals surface area contributed by atoms with E-state index in [4.69, 9.17) is 5.11 Å². The first-order valence-electron chi connectivity index (χ1n) is 5.03. The normalized spacial score (nSPS) is 18.3. The van der Waals surface area contributed by atoms with Gasteiger partial charge in [-0.2, -0.15) is 22.0 Å². The van der Waals surface area contributed by atoms with Gasteiger partial charge in [-0.25, -0.2) is 0 Å². The van der Waals surface area contributed by atoms with Gasteiger partial charge >= 0.3 is 24.0 Å². The molecule has 1 amide bonds. The second-order valence-corrected chi connectivity index (χ2v) is 4.09. The molecule has 0 radical (unpaired) electrons. The summed E-state index contributed by atoms with van der Waals surface area (Å²) >= 11 is 0. The van der Waals surface area contributed by atoms with Gasteiger partial charge in [-0.15, -0.1) is 0 Å².